The van der Waals surface area contributed by atoms with E-state index in [2.05, 4.69) is 23.3 Å². The second-order valence-corrected chi connectivity index (χ2v) is 3.41. The van der Waals surface area contributed by atoms with E-state index in [4.69, 9.17) is 4.74 Å². The van der Waals surface area contributed by atoms with Gasteiger partial charge in [-0.05, 0) is 18.6 Å². The normalized spacial score (nSPS) is 19.5. The molecule has 0 radical (unpaired) electrons. The lowest BCUT2D eigenvalue weighted by Crippen LogP contribution is -2.46. The number of hydrogen-bond donors (Lipinski definition) is 1. The molecule has 0 aromatic carbocycles. The van der Waals surface area contributed by atoms with Crippen molar-refractivity contribution in [1.29, 1.82) is 0 Å². The summed E-state index contributed by atoms with van der Waals surface area (Å²) in [5.41, 5.74) is 1.23. The third-order valence-electron chi connectivity index (χ3n) is 2.31. The van der Waals surface area contributed by atoms with Gasteiger partial charge in [-0.15, -0.1) is 0 Å². The third kappa shape index (κ3) is 2.05. The molecule has 1 atom stereocenters. The lowest BCUT2D eigenvalue weighted by molar-refractivity contribution is -0.00926. The number of nitrogens with one attached hydrogen (secondary N) is 1. The molecule has 0 unspecified atom stereocenters. The Morgan fingerprint density at radius 3 is 3.00 bits per heavy atom. The van der Waals surface area contributed by atoms with Crippen LogP contribution < -0.4 is 5.32 Å². The number of hydrogen-bond acceptors (Lipinski definition) is 3. The van der Waals surface area contributed by atoms with Gasteiger partial charge in [0.25, 0.3) is 0 Å². The number of pyridine rings is 1. The maximum atomic E-state index is 5.09. The van der Waals surface area contributed by atoms with Crippen LogP contribution in [0, 0.1) is 0 Å². The van der Waals surface area contributed by atoms with E-state index in [0.717, 1.165) is 13.2 Å². The molecule has 0 aliphatic carbocycles. The standard InChI is InChI=1S/C10H14N2O/c1-8(12-10-6-13-7-10)9-3-2-4-11-5-9/h2-5,8,10,12H,6-7H2,1H3/t8-/m0/s1. The predicted molar refractivity (Wildman–Crippen MR) is 50.4 cm³/mol. The highest BCUT2D eigenvalue weighted by molar-refractivity contribution is 5.13. The van der Waals surface area contributed by atoms with E-state index in [1.54, 1.807) is 6.20 Å². The molecule has 1 aliphatic rings. The zero-order chi connectivity index (χ0) is 9.10. The van der Waals surface area contributed by atoms with Gasteiger partial charge in [-0.25, -0.2) is 0 Å². The Morgan fingerprint density at radius 2 is 2.46 bits per heavy atom. The highest BCUT2D eigenvalue weighted by Gasteiger charge is 2.20. The molecule has 0 bridgehead atoms. The number of nitrogens with zero attached hydrogens (tertiary/aromatic N) is 1. The Balaban J connectivity index is 1.92. The van der Waals surface area contributed by atoms with E-state index in [1.807, 2.05) is 12.3 Å². The third-order valence-corrected chi connectivity index (χ3v) is 2.31. The SMILES string of the molecule is C[C@H](NC1COC1)c1cccnc1. The van der Waals surface area contributed by atoms with Crippen LogP contribution in [0.5, 0.6) is 0 Å². The van der Waals surface area contributed by atoms with Gasteiger partial charge in [0.1, 0.15) is 0 Å². The van der Waals surface area contributed by atoms with Crippen molar-refractivity contribution in [2.24, 2.45) is 0 Å². The van der Waals surface area contributed by atoms with Gasteiger partial charge in [0.2, 0.25) is 0 Å². The number of ether oxygens (including phenoxy) is 1. The van der Waals surface area contributed by atoms with Gasteiger partial charge in [0.05, 0.1) is 19.3 Å². The molecule has 3 heteroatoms. The molecule has 1 aromatic rings. The summed E-state index contributed by atoms with van der Waals surface area (Å²) in [6, 6.07) is 4.94. The topological polar surface area (TPSA) is 34.1 Å². The molecule has 1 saturated heterocycles. The molecule has 3 nitrogen and oxygen atoms in total. The Kier molecular flexibility index (Phi) is 2.57. The van der Waals surface area contributed by atoms with Gasteiger partial charge in [-0.2, -0.15) is 0 Å². The van der Waals surface area contributed by atoms with E-state index in [-0.39, 0.29) is 0 Å². The molecule has 1 aliphatic heterocycles. The summed E-state index contributed by atoms with van der Waals surface area (Å²) in [7, 11) is 0. The summed E-state index contributed by atoms with van der Waals surface area (Å²) in [5.74, 6) is 0. The van der Waals surface area contributed by atoms with Gasteiger partial charge < -0.3 is 10.1 Å². The van der Waals surface area contributed by atoms with Crippen LogP contribution in [-0.2, 0) is 4.74 Å². The first-order chi connectivity index (χ1) is 6.36. The van der Waals surface area contributed by atoms with Crippen molar-refractivity contribution in [1.82, 2.24) is 10.3 Å². The van der Waals surface area contributed by atoms with Crippen molar-refractivity contribution < 1.29 is 4.74 Å². The predicted octanol–water partition coefficient (Wildman–Crippen LogP) is 1.13. The largest absolute Gasteiger partial charge is 0.378 e. The lowest BCUT2D eigenvalue weighted by Gasteiger charge is -2.30. The van der Waals surface area contributed by atoms with E-state index in [0.29, 0.717) is 12.1 Å². The first kappa shape index (κ1) is 8.66. The Morgan fingerprint density at radius 1 is 1.62 bits per heavy atom. The van der Waals surface area contributed by atoms with Crippen molar-refractivity contribution in [3.05, 3.63) is 30.1 Å². The minimum atomic E-state index is 0.364. The zero-order valence-electron chi connectivity index (χ0n) is 7.73. The van der Waals surface area contributed by atoms with Crippen molar-refractivity contribution in [2.45, 2.75) is 19.0 Å². The highest BCUT2D eigenvalue weighted by Crippen LogP contribution is 2.13. The van der Waals surface area contributed by atoms with Crippen molar-refractivity contribution in [3.63, 3.8) is 0 Å². The molecule has 0 saturated carbocycles. The Hall–Kier alpha value is -0.930. The molecule has 2 rings (SSSR count). The van der Waals surface area contributed by atoms with Gasteiger partial charge >= 0.3 is 0 Å². The number of aromatic nitrogens is 1. The van der Waals surface area contributed by atoms with E-state index < -0.39 is 0 Å². The van der Waals surface area contributed by atoms with Crippen LogP contribution in [-0.4, -0.2) is 24.2 Å². The summed E-state index contributed by atoms with van der Waals surface area (Å²) >= 11 is 0. The summed E-state index contributed by atoms with van der Waals surface area (Å²) in [6.07, 6.45) is 3.69. The summed E-state index contributed by atoms with van der Waals surface area (Å²) in [6.45, 7) is 3.82. The second-order valence-electron chi connectivity index (χ2n) is 3.41. The molecule has 1 aromatic heterocycles. The van der Waals surface area contributed by atoms with Gasteiger partial charge in [-0.3, -0.25) is 4.98 Å². The first-order valence-corrected chi connectivity index (χ1v) is 4.60. The molecular formula is C10H14N2O. The quantitative estimate of drug-likeness (QED) is 0.753. The first-order valence-electron chi connectivity index (χ1n) is 4.60. The van der Waals surface area contributed by atoms with Crippen molar-refractivity contribution >= 4 is 0 Å². The van der Waals surface area contributed by atoms with Crippen LogP contribution in [0.25, 0.3) is 0 Å². The molecule has 2 heterocycles. The Bertz CT molecular complexity index is 259. The van der Waals surface area contributed by atoms with Crippen LogP contribution in [0.4, 0.5) is 0 Å². The van der Waals surface area contributed by atoms with Crippen molar-refractivity contribution in [2.75, 3.05) is 13.2 Å². The monoisotopic (exact) mass is 178 g/mol. The summed E-state index contributed by atoms with van der Waals surface area (Å²) in [4.78, 5) is 4.09. The van der Waals surface area contributed by atoms with Crippen LogP contribution in [0.2, 0.25) is 0 Å². The van der Waals surface area contributed by atoms with Crippen LogP contribution >= 0.6 is 0 Å². The molecule has 0 amide bonds. The van der Waals surface area contributed by atoms with Gasteiger partial charge in [0, 0.05) is 18.4 Å². The highest BCUT2D eigenvalue weighted by atomic mass is 16.5. The minimum Gasteiger partial charge on any atom is -0.378 e. The fourth-order valence-electron chi connectivity index (χ4n) is 1.41. The molecular weight excluding hydrogens is 164 g/mol. The molecule has 0 spiro atoms. The number of rotatable bonds is 3. The van der Waals surface area contributed by atoms with Gasteiger partial charge in [-0.1, -0.05) is 6.07 Å². The summed E-state index contributed by atoms with van der Waals surface area (Å²) in [5, 5.41) is 3.47. The Labute approximate surface area is 78.1 Å². The molecule has 1 N–H and O–H groups in total. The molecule has 70 valence electrons. The van der Waals surface area contributed by atoms with E-state index >= 15 is 0 Å². The van der Waals surface area contributed by atoms with E-state index in [9.17, 15) is 0 Å². The fraction of sp³-hybridized carbons (Fsp3) is 0.500. The fourth-order valence-corrected chi connectivity index (χ4v) is 1.41. The average Bonchev–Trinajstić information content (AvgIpc) is 2.12. The zero-order valence-corrected chi connectivity index (χ0v) is 7.73. The van der Waals surface area contributed by atoms with Crippen LogP contribution in [0.15, 0.2) is 24.5 Å². The van der Waals surface area contributed by atoms with Gasteiger partial charge in [0.15, 0.2) is 0 Å². The van der Waals surface area contributed by atoms with Crippen LogP contribution in [0.1, 0.15) is 18.5 Å². The smallest absolute Gasteiger partial charge is 0.0643 e. The average molecular weight is 178 g/mol. The van der Waals surface area contributed by atoms with E-state index in [1.165, 1.54) is 5.56 Å². The molecule has 13 heavy (non-hydrogen) atoms. The second kappa shape index (κ2) is 3.85. The molecule has 1 fully saturated rings. The lowest BCUT2D eigenvalue weighted by atomic mass is 10.1. The maximum Gasteiger partial charge on any atom is 0.0643 e. The van der Waals surface area contributed by atoms with Crippen molar-refractivity contribution in [3.8, 4) is 0 Å². The van der Waals surface area contributed by atoms with Crippen LogP contribution in [0.3, 0.4) is 0 Å². The summed E-state index contributed by atoms with van der Waals surface area (Å²) < 4.78 is 5.09. The minimum absolute atomic E-state index is 0.364. The maximum absolute atomic E-state index is 5.09.